The largest absolute Gasteiger partial charge is 0.368 e. The summed E-state index contributed by atoms with van der Waals surface area (Å²) in [4.78, 5) is 28.4. The molecule has 0 unspecified atom stereocenters. The normalized spacial score (nSPS) is 14.9. The second-order valence-corrected chi connectivity index (χ2v) is 7.03. The molecule has 0 bridgehead atoms. The number of hydrogen-bond donors (Lipinski definition) is 1. The third kappa shape index (κ3) is 3.73. The van der Waals surface area contributed by atoms with Crippen LogP contribution in [0.4, 0.5) is 5.69 Å². The third-order valence-electron chi connectivity index (χ3n) is 5.21. The monoisotopic (exact) mass is 374 g/mol. The average molecular weight is 374 g/mol. The Labute approximate surface area is 163 Å². The highest BCUT2D eigenvalue weighted by Crippen LogP contribution is 2.18. The molecule has 0 radical (unpaired) electrons. The number of aromatic nitrogens is 3. The van der Waals surface area contributed by atoms with E-state index in [9.17, 15) is 4.79 Å². The number of fused-ring (bicyclic) bond motifs is 1. The lowest BCUT2D eigenvalue weighted by atomic mass is 10.1. The van der Waals surface area contributed by atoms with E-state index in [-0.39, 0.29) is 5.56 Å². The van der Waals surface area contributed by atoms with Gasteiger partial charge in [-0.15, -0.1) is 0 Å². The molecule has 0 amide bonds. The van der Waals surface area contributed by atoms with Gasteiger partial charge in [-0.2, -0.15) is 5.26 Å². The zero-order valence-electron chi connectivity index (χ0n) is 15.9. The molecule has 0 spiro atoms. The molecule has 0 atom stereocenters. The molecule has 1 fully saturated rings. The first-order chi connectivity index (χ1) is 13.7. The van der Waals surface area contributed by atoms with Gasteiger partial charge in [0.15, 0.2) is 0 Å². The molecule has 142 valence electrons. The van der Waals surface area contributed by atoms with Crippen LogP contribution in [0.15, 0.2) is 41.5 Å². The van der Waals surface area contributed by atoms with Gasteiger partial charge in [-0.25, -0.2) is 4.98 Å². The predicted molar refractivity (Wildman–Crippen MR) is 108 cm³/mol. The highest BCUT2D eigenvalue weighted by molar-refractivity contribution is 5.74. The summed E-state index contributed by atoms with van der Waals surface area (Å²) in [5.74, 6) is 0. The van der Waals surface area contributed by atoms with Gasteiger partial charge in [0, 0.05) is 44.5 Å². The number of nitriles is 1. The van der Waals surface area contributed by atoms with Crippen LogP contribution in [0.2, 0.25) is 0 Å². The van der Waals surface area contributed by atoms with Crippen LogP contribution in [0, 0.1) is 11.3 Å². The zero-order chi connectivity index (χ0) is 19.5. The van der Waals surface area contributed by atoms with Crippen molar-refractivity contribution >= 4 is 16.7 Å². The van der Waals surface area contributed by atoms with Crippen LogP contribution in [-0.4, -0.2) is 46.0 Å². The number of hydrogen-bond acceptors (Lipinski definition) is 6. The Morgan fingerprint density at radius 1 is 1.14 bits per heavy atom. The summed E-state index contributed by atoms with van der Waals surface area (Å²) in [6.07, 6.45) is 4.37. The standard InChI is InChI=1S/C21H22N6O/c1-2-16-10-19-20(25-21(16)28)9-15(12-24-19)14-26-5-7-27(8-6-26)18-4-3-17(11-22)23-13-18/h3-4,9-10,12-13H,2,5-8,14H2,1H3,(H,25,28). The maximum Gasteiger partial charge on any atom is 0.251 e. The van der Waals surface area contributed by atoms with Gasteiger partial charge in [-0.05, 0) is 36.2 Å². The lowest BCUT2D eigenvalue weighted by Gasteiger charge is -2.35. The molecule has 1 N–H and O–H groups in total. The van der Waals surface area contributed by atoms with Crippen LogP contribution in [0.5, 0.6) is 0 Å². The number of aromatic amines is 1. The Balaban J connectivity index is 1.41. The van der Waals surface area contributed by atoms with E-state index >= 15 is 0 Å². The Hall–Kier alpha value is -3.24. The molecule has 3 aromatic heterocycles. The minimum absolute atomic E-state index is 0.0291. The molecule has 1 saturated heterocycles. The molecule has 0 aromatic carbocycles. The van der Waals surface area contributed by atoms with E-state index in [1.54, 1.807) is 12.3 Å². The molecule has 1 aliphatic rings. The molecular weight excluding hydrogens is 352 g/mol. The first kappa shape index (κ1) is 18.1. The molecule has 0 aliphatic carbocycles. The summed E-state index contributed by atoms with van der Waals surface area (Å²) in [5.41, 5.74) is 4.95. The Morgan fingerprint density at radius 3 is 2.64 bits per heavy atom. The highest BCUT2D eigenvalue weighted by atomic mass is 16.1. The van der Waals surface area contributed by atoms with Crippen molar-refractivity contribution in [3.8, 4) is 6.07 Å². The SMILES string of the molecule is CCc1cc2ncc(CN3CCN(c4ccc(C#N)nc4)CC3)cc2[nH]c1=O. The van der Waals surface area contributed by atoms with Gasteiger partial charge in [0.25, 0.3) is 5.56 Å². The van der Waals surface area contributed by atoms with Gasteiger partial charge in [0.2, 0.25) is 0 Å². The molecule has 7 nitrogen and oxygen atoms in total. The molecular formula is C21H22N6O. The fraction of sp³-hybridized carbons (Fsp3) is 0.333. The van der Waals surface area contributed by atoms with Crippen LogP contribution in [0.3, 0.4) is 0 Å². The summed E-state index contributed by atoms with van der Waals surface area (Å²) < 4.78 is 0. The summed E-state index contributed by atoms with van der Waals surface area (Å²) in [5, 5.41) is 8.86. The fourth-order valence-electron chi connectivity index (χ4n) is 3.58. The van der Waals surface area contributed by atoms with Crippen molar-refractivity contribution in [3.63, 3.8) is 0 Å². The van der Waals surface area contributed by atoms with Crippen LogP contribution >= 0.6 is 0 Å². The maximum absolute atomic E-state index is 12.1. The Bertz CT molecular complexity index is 1070. The van der Waals surface area contributed by atoms with Crippen molar-refractivity contribution in [1.82, 2.24) is 19.9 Å². The number of nitrogens with zero attached hydrogens (tertiary/aromatic N) is 5. The van der Waals surface area contributed by atoms with E-state index in [2.05, 4.69) is 24.8 Å². The van der Waals surface area contributed by atoms with E-state index < -0.39 is 0 Å². The van der Waals surface area contributed by atoms with Crippen LogP contribution in [0.1, 0.15) is 23.7 Å². The van der Waals surface area contributed by atoms with E-state index in [0.29, 0.717) is 12.1 Å². The second kappa shape index (κ2) is 7.79. The highest BCUT2D eigenvalue weighted by Gasteiger charge is 2.18. The molecule has 4 rings (SSSR count). The third-order valence-corrected chi connectivity index (χ3v) is 5.21. The Kier molecular flexibility index (Phi) is 5.04. The smallest absolute Gasteiger partial charge is 0.251 e. The average Bonchev–Trinajstić information content (AvgIpc) is 2.74. The van der Waals surface area contributed by atoms with Gasteiger partial charge in [0.1, 0.15) is 11.8 Å². The van der Waals surface area contributed by atoms with Crippen LogP contribution in [0.25, 0.3) is 11.0 Å². The van der Waals surface area contributed by atoms with Gasteiger partial charge in [-0.3, -0.25) is 14.7 Å². The van der Waals surface area contributed by atoms with Crippen molar-refractivity contribution < 1.29 is 0 Å². The summed E-state index contributed by atoms with van der Waals surface area (Å²) in [6, 6.07) is 9.66. The van der Waals surface area contributed by atoms with Gasteiger partial charge < -0.3 is 9.88 Å². The van der Waals surface area contributed by atoms with Crippen LogP contribution < -0.4 is 10.5 Å². The van der Waals surface area contributed by atoms with E-state index in [1.807, 2.05) is 37.4 Å². The zero-order valence-corrected chi connectivity index (χ0v) is 15.9. The van der Waals surface area contributed by atoms with E-state index in [0.717, 1.165) is 60.6 Å². The minimum atomic E-state index is -0.0291. The number of rotatable bonds is 4. The first-order valence-corrected chi connectivity index (χ1v) is 9.50. The summed E-state index contributed by atoms with van der Waals surface area (Å²) in [6.45, 7) is 6.46. The maximum atomic E-state index is 12.1. The molecule has 28 heavy (non-hydrogen) atoms. The topological polar surface area (TPSA) is 88.9 Å². The van der Waals surface area contributed by atoms with Crippen molar-refractivity contribution in [3.05, 3.63) is 63.8 Å². The number of piperazine rings is 1. The van der Waals surface area contributed by atoms with Crippen molar-refractivity contribution in [1.29, 1.82) is 5.26 Å². The summed E-state index contributed by atoms with van der Waals surface area (Å²) >= 11 is 0. The first-order valence-electron chi connectivity index (χ1n) is 9.50. The fourth-order valence-corrected chi connectivity index (χ4v) is 3.58. The molecule has 3 aromatic rings. The lowest BCUT2D eigenvalue weighted by molar-refractivity contribution is 0.249. The summed E-state index contributed by atoms with van der Waals surface area (Å²) in [7, 11) is 0. The van der Waals surface area contributed by atoms with Crippen LogP contribution in [-0.2, 0) is 13.0 Å². The van der Waals surface area contributed by atoms with Crippen molar-refractivity contribution in [2.75, 3.05) is 31.1 Å². The number of nitrogens with one attached hydrogen (secondary N) is 1. The molecule has 1 aliphatic heterocycles. The molecule has 4 heterocycles. The number of pyridine rings is 3. The van der Waals surface area contributed by atoms with E-state index in [1.165, 1.54) is 0 Å². The predicted octanol–water partition coefficient (Wildman–Crippen LogP) is 2.07. The number of H-pyrrole nitrogens is 1. The van der Waals surface area contributed by atoms with Crippen molar-refractivity contribution in [2.45, 2.75) is 19.9 Å². The van der Waals surface area contributed by atoms with E-state index in [4.69, 9.17) is 5.26 Å². The molecule has 0 saturated carbocycles. The van der Waals surface area contributed by atoms with Crippen molar-refractivity contribution in [2.24, 2.45) is 0 Å². The number of aryl methyl sites for hydroxylation is 1. The molecule has 7 heteroatoms. The lowest BCUT2D eigenvalue weighted by Crippen LogP contribution is -2.46. The Morgan fingerprint density at radius 2 is 1.96 bits per heavy atom. The minimum Gasteiger partial charge on any atom is -0.368 e. The quantitative estimate of drug-likeness (QED) is 0.752. The second-order valence-electron chi connectivity index (χ2n) is 7.03. The van der Waals surface area contributed by atoms with Gasteiger partial charge in [-0.1, -0.05) is 6.92 Å². The number of anilines is 1. The van der Waals surface area contributed by atoms with Gasteiger partial charge in [0.05, 0.1) is 22.9 Å². The van der Waals surface area contributed by atoms with Gasteiger partial charge >= 0.3 is 0 Å².